The highest BCUT2D eigenvalue weighted by Crippen LogP contribution is 2.38. The quantitative estimate of drug-likeness (QED) is 0.0260. The molecule has 728 valence electrons. The van der Waals surface area contributed by atoms with E-state index in [1.54, 1.807) is 35.5 Å². The summed E-state index contributed by atoms with van der Waals surface area (Å²) in [7, 11) is 8.28. The molecule has 10 aromatic carbocycles. The molecule has 0 bridgehead atoms. The molecule has 10 atom stereocenters. The Balaban J connectivity index is 0.000000166. The van der Waals surface area contributed by atoms with Crippen molar-refractivity contribution in [3.05, 3.63) is 270 Å². The van der Waals surface area contributed by atoms with Crippen molar-refractivity contribution in [3.8, 4) is 84.4 Å². The monoisotopic (exact) mass is 1860 g/mol. The van der Waals surface area contributed by atoms with Gasteiger partial charge in [-0.2, -0.15) is 0 Å². The van der Waals surface area contributed by atoms with Gasteiger partial charge >= 0.3 is 0 Å². The fourth-order valence-electron chi connectivity index (χ4n) is 20.1. The molecule has 138 heavy (non-hydrogen) atoms. The lowest BCUT2D eigenvalue weighted by atomic mass is 9.76. The maximum Gasteiger partial charge on any atom is 0.147 e. The van der Waals surface area contributed by atoms with Crippen molar-refractivity contribution in [2.75, 3.05) is 35.5 Å². The van der Waals surface area contributed by atoms with E-state index in [0.29, 0.717) is 100 Å². The SMILES string of the molecule is CCC1CCC(C(=O)Cc2ccc(-c3ccc(OC)cc3)cc2)C(=O)C1.CCCC1CCC(C(=O)Cc2ccc(-c3ccc(OC)cc3)cc2)C(=O)C1.CCCCCC1CCC(C(=O)Cc2ccc(-c3ccc(OC)cc3)cc2)C(=O)C1.CCCCCCCC1CCC(C(=O)Cc2ccc(-c3ccc(OC)cc3)cc2)C(=O)C1.COc1ccc(-c2ccc(CC(=O)C3CCC(C)CC3=O)cc2)cc1. The van der Waals surface area contributed by atoms with E-state index >= 15 is 0 Å². The molecule has 0 saturated heterocycles. The zero-order valence-electron chi connectivity index (χ0n) is 83.3. The summed E-state index contributed by atoms with van der Waals surface area (Å²) in [5.41, 5.74) is 15.9. The molecule has 15 heteroatoms. The Bertz CT molecular complexity index is 5520. The Morgan fingerprint density at radius 1 is 0.225 bits per heavy atom. The molecule has 5 aliphatic rings. The van der Waals surface area contributed by atoms with E-state index in [1.807, 2.05) is 243 Å². The van der Waals surface area contributed by atoms with E-state index in [4.69, 9.17) is 23.7 Å². The van der Waals surface area contributed by atoms with Crippen LogP contribution in [0.3, 0.4) is 0 Å². The van der Waals surface area contributed by atoms with Gasteiger partial charge in [0.1, 0.15) is 86.6 Å². The van der Waals surface area contributed by atoms with Gasteiger partial charge in [-0.05, 0) is 238 Å². The maximum atomic E-state index is 12.8. The number of rotatable bonds is 38. The van der Waals surface area contributed by atoms with Crippen LogP contribution >= 0.6 is 0 Å². The predicted molar refractivity (Wildman–Crippen MR) is 553 cm³/mol. The summed E-state index contributed by atoms with van der Waals surface area (Å²) < 4.78 is 26.0. The van der Waals surface area contributed by atoms with Crippen molar-refractivity contribution in [1.82, 2.24) is 0 Å². The van der Waals surface area contributed by atoms with Crippen LogP contribution in [0.1, 0.15) is 242 Å². The van der Waals surface area contributed by atoms with Gasteiger partial charge in [-0.15, -0.1) is 0 Å². The third-order valence-electron chi connectivity index (χ3n) is 28.8. The minimum absolute atomic E-state index is 0.0640. The lowest BCUT2D eigenvalue weighted by Gasteiger charge is -2.26. The van der Waals surface area contributed by atoms with Gasteiger partial charge in [-0.1, -0.05) is 300 Å². The molecule has 0 radical (unpaired) electrons. The Hall–Kier alpha value is -12.1. The first-order chi connectivity index (χ1) is 67.0. The van der Waals surface area contributed by atoms with Crippen LogP contribution < -0.4 is 23.7 Å². The zero-order chi connectivity index (χ0) is 98.2. The molecular weight excluding hydrogens is 1720 g/mol. The number of hydrogen-bond acceptors (Lipinski definition) is 15. The maximum absolute atomic E-state index is 12.8. The molecule has 10 aromatic rings. The van der Waals surface area contributed by atoms with Crippen LogP contribution in [-0.2, 0) is 80.0 Å². The van der Waals surface area contributed by atoms with Crippen molar-refractivity contribution in [2.24, 2.45) is 59.2 Å². The fourth-order valence-corrected chi connectivity index (χ4v) is 20.1. The van der Waals surface area contributed by atoms with Crippen molar-refractivity contribution in [3.63, 3.8) is 0 Å². The van der Waals surface area contributed by atoms with Gasteiger partial charge < -0.3 is 23.7 Å². The number of methoxy groups -OCH3 is 5. The van der Waals surface area contributed by atoms with Gasteiger partial charge in [0.25, 0.3) is 0 Å². The zero-order valence-corrected chi connectivity index (χ0v) is 83.3. The van der Waals surface area contributed by atoms with Gasteiger partial charge in [0.2, 0.25) is 0 Å². The first-order valence-electron chi connectivity index (χ1n) is 50.9. The summed E-state index contributed by atoms with van der Waals surface area (Å²) in [6.45, 7) is 10.8. The van der Waals surface area contributed by atoms with Crippen LogP contribution in [0.4, 0.5) is 0 Å². The average Bonchev–Trinajstić information content (AvgIpc) is 0.840. The molecule has 15 rings (SSSR count). The third kappa shape index (κ3) is 32.5. The largest absolute Gasteiger partial charge is 0.497 e. The van der Waals surface area contributed by atoms with Gasteiger partial charge in [0.15, 0.2) is 0 Å². The lowest BCUT2D eigenvalue weighted by molar-refractivity contribution is -0.136. The number of unbranched alkanes of at least 4 members (excludes halogenated alkanes) is 6. The van der Waals surface area contributed by atoms with E-state index in [1.165, 1.54) is 51.4 Å². The minimum atomic E-state index is -0.391. The second-order valence-corrected chi connectivity index (χ2v) is 38.8. The summed E-state index contributed by atoms with van der Waals surface area (Å²) >= 11 is 0. The van der Waals surface area contributed by atoms with Crippen molar-refractivity contribution in [1.29, 1.82) is 0 Å². The highest BCUT2D eigenvalue weighted by Gasteiger charge is 2.38. The van der Waals surface area contributed by atoms with Crippen molar-refractivity contribution >= 4 is 57.8 Å². The number of hydrogen-bond donors (Lipinski definition) is 0. The first-order valence-corrected chi connectivity index (χ1v) is 50.9. The van der Waals surface area contributed by atoms with Crippen LogP contribution in [0.15, 0.2) is 243 Å². The molecule has 0 aliphatic heterocycles. The molecule has 5 aliphatic carbocycles. The fraction of sp³-hybridized carbons (Fsp3) is 0.431. The van der Waals surface area contributed by atoms with E-state index in [0.717, 1.165) is 202 Å². The number of ketones is 10. The number of carbonyl (C=O) groups is 10. The molecule has 0 heterocycles. The van der Waals surface area contributed by atoms with Crippen LogP contribution in [0.5, 0.6) is 28.7 Å². The number of Topliss-reactive ketones (excluding diaryl/α,β-unsaturated/α-hetero) is 10. The average molecular weight is 1860 g/mol. The smallest absolute Gasteiger partial charge is 0.147 e. The summed E-state index contributed by atoms with van der Waals surface area (Å²) in [4.78, 5) is 125. The highest BCUT2D eigenvalue weighted by atomic mass is 16.5. The van der Waals surface area contributed by atoms with Crippen molar-refractivity contribution < 1.29 is 71.6 Å². The van der Waals surface area contributed by atoms with E-state index in [9.17, 15) is 47.9 Å². The Kier molecular flexibility index (Phi) is 42.8. The van der Waals surface area contributed by atoms with Gasteiger partial charge in [0, 0.05) is 64.2 Å². The normalized spacial score (nSPS) is 19.5. The number of carbonyl (C=O) groups excluding carboxylic acids is 10. The third-order valence-corrected chi connectivity index (χ3v) is 28.8. The Morgan fingerprint density at radius 2 is 0.420 bits per heavy atom. The molecular formula is C123H146O15. The molecule has 0 amide bonds. The predicted octanol–water partition coefficient (Wildman–Crippen LogP) is 27.5. The highest BCUT2D eigenvalue weighted by molar-refractivity contribution is 6.06. The number of benzene rings is 10. The molecule has 15 nitrogen and oxygen atoms in total. The minimum Gasteiger partial charge on any atom is -0.497 e. The summed E-state index contributed by atoms with van der Waals surface area (Å²) in [6, 6.07) is 79.8. The van der Waals surface area contributed by atoms with Gasteiger partial charge in [0.05, 0.1) is 65.1 Å². The van der Waals surface area contributed by atoms with Crippen molar-refractivity contribution in [2.45, 2.75) is 247 Å². The number of ether oxygens (including phenoxy) is 5. The first kappa shape index (κ1) is 106. The van der Waals surface area contributed by atoms with E-state index in [2.05, 4.69) is 34.6 Å². The summed E-state index contributed by atoms with van der Waals surface area (Å²) in [5.74, 6) is 5.69. The second kappa shape index (κ2) is 55.5. The molecule has 0 spiro atoms. The van der Waals surface area contributed by atoms with Gasteiger partial charge in [-0.3, -0.25) is 47.9 Å². The second-order valence-electron chi connectivity index (χ2n) is 38.8. The van der Waals surface area contributed by atoms with Gasteiger partial charge in [-0.25, -0.2) is 0 Å². The molecule has 0 aromatic heterocycles. The molecule has 10 unspecified atom stereocenters. The standard InChI is InChI=1S/C28H36O3.C26H32O3.C24H28O3.C23H26O3.C22H24O3/c1-3-4-5-6-7-8-21-11-18-26(27(29)19-21)28(30)20-22-9-12-23(13-10-22)24-14-16-25(31-2)17-15-24;1-3-4-5-6-19-9-16-24(25(27)17-19)26(28)18-20-7-10-21(11-8-20)22-12-14-23(29-2)15-13-22;1-3-4-17-7-14-22(23(25)15-17)24(26)16-18-5-8-19(9-6-18)20-10-12-21(27-2)13-11-20;1-3-16-6-13-21(22(24)14-16)23(25)15-17-4-7-18(8-5-17)19-9-11-20(26-2)12-10-19;1-15-3-12-20(21(23)13-15)22(24)14-16-4-6-17(7-5-16)18-8-10-19(25-2)11-9-18/h9-10,12-17,21,26H,3-8,11,18-20H2,1-2H3;7-8,10-15,19,24H,3-6,9,16-18H2,1-2H3;5-6,8-13,17,22H,3-4,7,14-16H2,1-2H3;4-5,7-12,16,21H,3,6,13-15H2,1-2H3;4-11,15,20H,3,12-14H2,1-2H3. The van der Waals surface area contributed by atoms with Crippen LogP contribution in [-0.4, -0.2) is 93.4 Å². The molecule has 5 fully saturated rings. The van der Waals surface area contributed by atoms with Crippen LogP contribution in [0.25, 0.3) is 55.6 Å². The lowest BCUT2D eigenvalue weighted by Crippen LogP contribution is -2.32. The van der Waals surface area contributed by atoms with Crippen LogP contribution in [0.2, 0.25) is 0 Å². The van der Waals surface area contributed by atoms with E-state index in [-0.39, 0.29) is 69.7 Å². The Morgan fingerprint density at radius 3 is 0.638 bits per heavy atom. The van der Waals surface area contributed by atoms with E-state index < -0.39 is 17.8 Å². The molecule has 5 saturated carbocycles. The molecule has 0 N–H and O–H groups in total. The Labute approximate surface area is 820 Å². The van der Waals surface area contributed by atoms with Crippen LogP contribution in [0, 0.1) is 59.2 Å². The topological polar surface area (TPSA) is 217 Å². The summed E-state index contributed by atoms with van der Waals surface area (Å²) in [6.07, 6.45) is 28.8. The summed E-state index contributed by atoms with van der Waals surface area (Å²) in [5, 5.41) is 0.